The second kappa shape index (κ2) is 9.26. The molecule has 1 heterocycles. The van der Waals surface area contributed by atoms with E-state index in [1.165, 1.54) is 0 Å². The van der Waals surface area contributed by atoms with Crippen molar-refractivity contribution in [3.63, 3.8) is 0 Å². The Hall–Kier alpha value is -4.12. The minimum absolute atomic E-state index is 0.00285. The number of hydrogen-bond donors (Lipinski definition) is 2. The first-order chi connectivity index (χ1) is 17.0. The highest BCUT2D eigenvalue weighted by atomic mass is 16.5. The van der Waals surface area contributed by atoms with E-state index in [4.69, 9.17) is 4.74 Å². The summed E-state index contributed by atoms with van der Waals surface area (Å²) in [6, 6.07) is 29.6. The standard InChI is InChI=1S/C30H28N2O3/c1-20(24-14-8-12-22-11-6-7-13-25(22)24)18-30(29(34)31-19-21-9-4-3-5-10-21)27-16-15-23(35-2)17-26(27)28(33)32-30/h3-17,20H,18-19H2,1-2H3,(H,31,34)(H,32,33). The van der Waals surface area contributed by atoms with Crippen molar-refractivity contribution >= 4 is 22.6 Å². The second-order valence-corrected chi connectivity index (χ2v) is 9.11. The summed E-state index contributed by atoms with van der Waals surface area (Å²) in [4.78, 5) is 27.0. The minimum atomic E-state index is -1.19. The van der Waals surface area contributed by atoms with Gasteiger partial charge in [-0.15, -0.1) is 0 Å². The van der Waals surface area contributed by atoms with Crippen molar-refractivity contribution in [1.82, 2.24) is 10.6 Å². The number of nitrogens with one attached hydrogen (secondary N) is 2. The maximum absolute atomic E-state index is 13.9. The van der Waals surface area contributed by atoms with E-state index in [0.717, 1.165) is 21.9 Å². The van der Waals surface area contributed by atoms with Crippen molar-refractivity contribution in [2.24, 2.45) is 0 Å². The fraction of sp³-hybridized carbons (Fsp3) is 0.200. The molecule has 2 amide bonds. The van der Waals surface area contributed by atoms with E-state index in [1.807, 2.05) is 54.6 Å². The van der Waals surface area contributed by atoms with Crippen LogP contribution in [0.4, 0.5) is 0 Å². The molecule has 1 aliphatic heterocycles. The van der Waals surface area contributed by atoms with Gasteiger partial charge in [0.25, 0.3) is 11.8 Å². The van der Waals surface area contributed by atoms with Gasteiger partial charge in [-0.1, -0.05) is 85.8 Å². The Morgan fingerprint density at radius 1 is 0.971 bits per heavy atom. The zero-order valence-electron chi connectivity index (χ0n) is 19.9. The van der Waals surface area contributed by atoms with E-state index in [-0.39, 0.29) is 17.7 Å². The van der Waals surface area contributed by atoms with Crippen molar-refractivity contribution in [2.45, 2.75) is 31.3 Å². The second-order valence-electron chi connectivity index (χ2n) is 9.11. The molecule has 2 N–H and O–H groups in total. The fourth-order valence-electron chi connectivity index (χ4n) is 5.15. The fourth-order valence-corrected chi connectivity index (χ4v) is 5.15. The van der Waals surface area contributed by atoms with Gasteiger partial charge in [0.2, 0.25) is 0 Å². The molecule has 4 aromatic rings. The van der Waals surface area contributed by atoms with Crippen molar-refractivity contribution in [3.05, 3.63) is 113 Å². The smallest absolute Gasteiger partial charge is 0.252 e. The summed E-state index contributed by atoms with van der Waals surface area (Å²) in [7, 11) is 1.57. The SMILES string of the molecule is COc1ccc2c(c1)C(=O)NC2(CC(C)c1cccc2ccccc12)C(=O)NCc1ccccc1. The third kappa shape index (κ3) is 4.14. The van der Waals surface area contributed by atoms with Gasteiger partial charge >= 0.3 is 0 Å². The summed E-state index contributed by atoms with van der Waals surface area (Å²) in [5.74, 6) is 0.100. The molecule has 0 saturated carbocycles. The first-order valence-electron chi connectivity index (χ1n) is 11.8. The van der Waals surface area contributed by atoms with Crippen molar-refractivity contribution < 1.29 is 14.3 Å². The number of hydrogen-bond acceptors (Lipinski definition) is 3. The van der Waals surface area contributed by atoms with Crippen LogP contribution < -0.4 is 15.4 Å². The molecule has 2 unspecified atom stereocenters. The molecular weight excluding hydrogens is 436 g/mol. The van der Waals surface area contributed by atoms with Crippen LogP contribution in [0.3, 0.4) is 0 Å². The van der Waals surface area contributed by atoms with Crippen LogP contribution in [-0.2, 0) is 16.9 Å². The molecule has 2 atom stereocenters. The maximum atomic E-state index is 13.9. The van der Waals surface area contributed by atoms with E-state index in [1.54, 1.807) is 19.2 Å². The molecule has 4 aromatic carbocycles. The summed E-state index contributed by atoms with van der Waals surface area (Å²) >= 11 is 0. The third-order valence-electron chi connectivity index (χ3n) is 6.91. The maximum Gasteiger partial charge on any atom is 0.252 e. The third-order valence-corrected chi connectivity index (χ3v) is 6.91. The summed E-state index contributed by atoms with van der Waals surface area (Å²) in [5.41, 5.74) is 2.11. The summed E-state index contributed by atoms with van der Waals surface area (Å²) in [6.07, 6.45) is 0.423. The van der Waals surface area contributed by atoms with Crippen molar-refractivity contribution in [1.29, 1.82) is 0 Å². The van der Waals surface area contributed by atoms with Gasteiger partial charge in [0, 0.05) is 12.1 Å². The summed E-state index contributed by atoms with van der Waals surface area (Å²) in [5, 5.41) is 8.45. The molecular formula is C30H28N2O3. The van der Waals surface area contributed by atoms with Crippen LogP contribution in [0.1, 0.15) is 46.3 Å². The van der Waals surface area contributed by atoms with Crippen LogP contribution >= 0.6 is 0 Å². The Bertz CT molecular complexity index is 1390. The average molecular weight is 465 g/mol. The molecule has 0 spiro atoms. The van der Waals surface area contributed by atoms with Gasteiger partial charge in [-0.25, -0.2) is 0 Å². The van der Waals surface area contributed by atoms with Crippen LogP contribution in [0.2, 0.25) is 0 Å². The molecule has 0 radical (unpaired) electrons. The average Bonchev–Trinajstić information content (AvgIpc) is 3.18. The predicted octanol–water partition coefficient (Wildman–Crippen LogP) is 5.30. The van der Waals surface area contributed by atoms with Crippen LogP contribution in [0.25, 0.3) is 10.8 Å². The largest absolute Gasteiger partial charge is 0.497 e. The minimum Gasteiger partial charge on any atom is -0.497 e. The number of rotatable bonds is 7. The van der Waals surface area contributed by atoms with Gasteiger partial charge in [0.05, 0.1) is 7.11 Å². The number of methoxy groups -OCH3 is 1. The Morgan fingerprint density at radius 3 is 2.51 bits per heavy atom. The lowest BCUT2D eigenvalue weighted by Gasteiger charge is -2.32. The van der Waals surface area contributed by atoms with Gasteiger partial charge < -0.3 is 15.4 Å². The molecule has 5 nitrogen and oxygen atoms in total. The molecule has 35 heavy (non-hydrogen) atoms. The Labute approximate surface area is 205 Å². The zero-order valence-corrected chi connectivity index (χ0v) is 19.9. The van der Waals surface area contributed by atoms with Gasteiger partial charge in [-0.05, 0) is 51.9 Å². The van der Waals surface area contributed by atoms with Crippen LogP contribution in [0.5, 0.6) is 5.75 Å². The van der Waals surface area contributed by atoms with Gasteiger partial charge in [-0.2, -0.15) is 0 Å². The van der Waals surface area contributed by atoms with Crippen molar-refractivity contribution in [2.75, 3.05) is 7.11 Å². The number of benzene rings is 4. The number of ether oxygens (including phenoxy) is 1. The van der Waals surface area contributed by atoms with E-state index >= 15 is 0 Å². The molecule has 0 bridgehead atoms. The molecule has 0 saturated heterocycles. The van der Waals surface area contributed by atoms with E-state index in [2.05, 4.69) is 41.8 Å². The molecule has 0 aromatic heterocycles. The Balaban J connectivity index is 1.54. The van der Waals surface area contributed by atoms with E-state index < -0.39 is 5.54 Å². The normalized spacial score (nSPS) is 17.5. The monoisotopic (exact) mass is 464 g/mol. The van der Waals surface area contributed by atoms with Gasteiger partial charge in [0.1, 0.15) is 11.3 Å². The molecule has 0 aliphatic carbocycles. The lowest BCUT2D eigenvalue weighted by molar-refractivity contribution is -0.128. The number of carbonyl (C=O) groups is 2. The van der Waals surface area contributed by atoms with Crippen LogP contribution in [-0.4, -0.2) is 18.9 Å². The summed E-state index contributed by atoms with van der Waals surface area (Å²) in [6.45, 7) is 2.49. The lowest BCUT2D eigenvalue weighted by Crippen LogP contribution is -2.52. The van der Waals surface area contributed by atoms with Gasteiger partial charge in [0.15, 0.2) is 0 Å². The lowest BCUT2D eigenvalue weighted by atomic mass is 9.78. The molecule has 0 fully saturated rings. The first-order valence-corrected chi connectivity index (χ1v) is 11.8. The number of amides is 2. The highest BCUT2D eigenvalue weighted by Gasteiger charge is 2.49. The van der Waals surface area contributed by atoms with E-state index in [9.17, 15) is 9.59 Å². The molecule has 1 aliphatic rings. The first kappa shape index (κ1) is 22.7. The highest BCUT2D eigenvalue weighted by Crippen LogP contribution is 2.41. The Kier molecular flexibility index (Phi) is 6.00. The van der Waals surface area contributed by atoms with Crippen molar-refractivity contribution in [3.8, 4) is 5.75 Å². The van der Waals surface area contributed by atoms with E-state index in [0.29, 0.717) is 29.8 Å². The molecule has 5 rings (SSSR count). The van der Waals surface area contributed by atoms with Crippen LogP contribution in [0, 0.1) is 0 Å². The summed E-state index contributed by atoms with van der Waals surface area (Å²) < 4.78 is 5.34. The highest BCUT2D eigenvalue weighted by molar-refractivity contribution is 6.07. The molecule has 5 heteroatoms. The zero-order chi connectivity index (χ0) is 24.4. The number of carbonyl (C=O) groups excluding carboxylic acids is 2. The predicted molar refractivity (Wildman–Crippen MR) is 137 cm³/mol. The van der Waals surface area contributed by atoms with Gasteiger partial charge in [-0.3, -0.25) is 9.59 Å². The number of fused-ring (bicyclic) bond motifs is 2. The molecule has 176 valence electrons. The Morgan fingerprint density at radius 2 is 1.71 bits per heavy atom. The van der Waals surface area contributed by atoms with Crippen LogP contribution in [0.15, 0.2) is 91.0 Å². The topological polar surface area (TPSA) is 67.4 Å². The quantitative estimate of drug-likeness (QED) is 0.390.